The summed E-state index contributed by atoms with van der Waals surface area (Å²) in [7, 11) is 0. The first-order valence-corrected chi connectivity index (χ1v) is 5.12. The van der Waals surface area contributed by atoms with Crippen LogP contribution in [0.5, 0.6) is 0 Å². The molecule has 2 heterocycles. The van der Waals surface area contributed by atoms with Crippen LogP contribution in [0, 0.1) is 0 Å². The molecule has 1 N–H and O–H groups in total. The molecule has 3 heteroatoms. The van der Waals surface area contributed by atoms with Crippen LogP contribution in [-0.4, -0.2) is 23.9 Å². The van der Waals surface area contributed by atoms with E-state index in [9.17, 15) is 0 Å². The number of nitrogens with one attached hydrogen (secondary N) is 1. The second-order valence-electron chi connectivity index (χ2n) is 3.43. The molecule has 0 fully saturated rings. The van der Waals surface area contributed by atoms with Gasteiger partial charge < -0.3 is 5.32 Å². The highest BCUT2D eigenvalue weighted by molar-refractivity contribution is 5.83. The highest BCUT2D eigenvalue weighted by Crippen LogP contribution is 2.01. The fourth-order valence-corrected chi connectivity index (χ4v) is 1.56. The third-order valence-electron chi connectivity index (χ3n) is 2.31. The van der Waals surface area contributed by atoms with Crippen LogP contribution in [-0.2, 0) is 6.42 Å². The average Bonchev–Trinajstić information content (AvgIpc) is 2.72. The molecule has 1 aliphatic rings. The number of pyridine rings is 1. The van der Waals surface area contributed by atoms with Crippen molar-refractivity contribution >= 4 is 5.84 Å². The summed E-state index contributed by atoms with van der Waals surface area (Å²) in [5, 5.41) is 3.34. The van der Waals surface area contributed by atoms with Gasteiger partial charge in [0.1, 0.15) is 0 Å². The van der Waals surface area contributed by atoms with Crippen molar-refractivity contribution in [2.45, 2.75) is 19.3 Å². The van der Waals surface area contributed by atoms with Gasteiger partial charge in [-0.15, -0.1) is 0 Å². The van der Waals surface area contributed by atoms with Crippen LogP contribution in [0.1, 0.15) is 18.5 Å². The SMILES string of the molecule is c1ccc(CCNC2=NCCC2)nc1. The Kier molecular flexibility index (Phi) is 3.11. The van der Waals surface area contributed by atoms with Crippen LogP contribution in [0.4, 0.5) is 0 Å². The van der Waals surface area contributed by atoms with E-state index in [1.165, 1.54) is 12.3 Å². The Bertz CT molecular complexity index is 306. The van der Waals surface area contributed by atoms with Crippen molar-refractivity contribution in [2.75, 3.05) is 13.1 Å². The molecular weight excluding hydrogens is 174 g/mol. The van der Waals surface area contributed by atoms with Gasteiger partial charge in [-0.05, 0) is 18.6 Å². The van der Waals surface area contributed by atoms with E-state index in [1.54, 1.807) is 0 Å². The van der Waals surface area contributed by atoms with Gasteiger partial charge in [-0.3, -0.25) is 9.98 Å². The lowest BCUT2D eigenvalue weighted by atomic mass is 10.2. The largest absolute Gasteiger partial charge is 0.373 e. The predicted octanol–water partition coefficient (Wildman–Crippen LogP) is 1.41. The maximum atomic E-state index is 4.35. The Morgan fingerprint density at radius 2 is 2.36 bits per heavy atom. The maximum absolute atomic E-state index is 4.35. The molecule has 0 unspecified atom stereocenters. The first kappa shape index (κ1) is 9.19. The summed E-state index contributed by atoms with van der Waals surface area (Å²) >= 11 is 0. The summed E-state index contributed by atoms with van der Waals surface area (Å²) in [6, 6.07) is 6.02. The molecule has 0 spiro atoms. The molecule has 3 nitrogen and oxygen atoms in total. The average molecular weight is 189 g/mol. The third kappa shape index (κ3) is 2.55. The summed E-state index contributed by atoms with van der Waals surface area (Å²) in [5.41, 5.74) is 1.14. The summed E-state index contributed by atoms with van der Waals surface area (Å²) in [5.74, 6) is 1.17. The molecular formula is C11H15N3. The molecule has 1 aromatic heterocycles. The molecule has 14 heavy (non-hydrogen) atoms. The molecule has 0 amide bonds. The summed E-state index contributed by atoms with van der Waals surface area (Å²) < 4.78 is 0. The van der Waals surface area contributed by atoms with Gasteiger partial charge in [-0.25, -0.2) is 0 Å². The second kappa shape index (κ2) is 4.74. The van der Waals surface area contributed by atoms with E-state index in [-0.39, 0.29) is 0 Å². The zero-order chi connectivity index (χ0) is 9.64. The minimum Gasteiger partial charge on any atom is -0.373 e. The Hall–Kier alpha value is -1.38. The van der Waals surface area contributed by atoms with Gasteiger partial charge in [0, 0.05) is 37.8 Å². The summed E-state index contributed by atoms with van der Waals surface area (Å²) in [4.78, 5) is 8.62. The Morgan fingerprint density at radius 1 is 1.36 bits per heavy atom. The third-order valence-corrected chi connectivity index (χ3v) is 2.31. The molecule has 1 aromatic rings. The number of aliphatic imine (C=N–C) groups is 1. The van der Waals surface area contributed by atoms with Crippen molar-refractivity contribution in [2.24, 2.45) is 4.99 Å². The first-order valence-electron chi connectivity index (χ1n) is 5.12. The molecule has 74 valence electrons. The van der Waals surface area contributed by atoms with E-state index in [4.69, 9.17) is 0 Å². The van der Waals surface area contributed by atoms with Gasteiger partial charge in [0.25, 0.3) is 0 Å². The van der Waals surface area contributed by atoms with Gasteiger partial charge in [0.2, 0.25) is 0 Å². The van der Waals surface area contributed by atoms with Gasteiger partial charge in [0.15, 0.2) is 0 Å². The molecule has 0 atom stereocenters. The number of hydrogen-bond acceptors (Lipinski definition) is 3. The summed E-state index contributed by atoms with van der Waals surface area (Å²) in [6.45, 7) is 1.93. The highest BCUT2D eigenvalue weighted by atomic mass is 15.0. The van der Waals surface area contributed by atoms with E-state index in [0.717, 1.165) is 31.6 Å². The molecule has 0 aliphatic carbocycles. The fourth-order valence-electron chi connectivity index (χ4n) is 1.56. The maximum Gasteiger partial charge on any atom is 0.0963 e. The normalized spacial score (nSPS) is 15.3. The van der Waals surface area contributed by atoms with E-state index in [0.29, 0.717) is 0 Å². The minimum absolute atomic E-state index is 0.940. The van der Waals surface area contributed by atoms with Crippen LogP contribution >= 0.6 is 0 Å². The lowest BCUT2D eigenvalue weighted by Crippen LogP contribution is -2.24. The smallest absolute Gasteiger partial charge is 0.0963 e. The van der Waals surface area contributed by atoms with Crippen molar-refractivity contribution in [1.29, 1.82) is 0 Å². The Morgan fingerprint density at radius 3 is 3.07 bits per heavy atom. The van der Waals surface area contributed by atoms with E-state index >= 15 is 0 Å². The first-order chi connectivity index (χ1) is 6.95. The monoisotopic (exact) mass is 189 g/mol. The second-order valence-corrected chi connectivity index (χ2v) is 3.43. The fraction of sp³-hybridized carbons (Fsp3) is 0.455. The molecule has 1 aliphatic heterocycles. The van der Waals surface area contributed by atoms with Crippen LogP contribution < -0.4 is 5.32 Å². The molecule has 0 bridgehead atoms. The minimum atomic E-state index is 0.940. The van der Waals surface area contributed by atoms with Gasteiger partial charge in [-0.1, -0.05) is 6.07 Å². The van der Waals surface area contributed by atoms with E-state index < -0.39 is 0 Å². The lowest BCUT2D eigenvalue weighted by Gasteiger charge is -2.04. The van der Waals surface area contributed by atoms with Crippen molar-refractivity contribution in [3.63, 3.8) is 0 Å². The van der Waals surface area contributed by atoms with Crippen molar-refractivity contribution in [3.8, 4) is 0 Å². The van der Waals surface area contributed by atoms with E-state index in [1.807, 2.05) is 18.3 Å². The lowest BCUT2D eigenvalue weighted by molar-refractivity contribution is 0.830. The predicted molar refractivity (Wildman–Crippen MR) is 57.5 cm³/mol. The number of rotatable bonds is 3. The van der Waals surface area contributed by atoms with Crippen molar-refractivity contribution in [1.82, 2.24) is 10.3 Å². The van der Waals surface area contributed by atoms with Crippen LogP contribution in [0.3, 0.4) is 0 Å². The molecule has 0 radical (unpaired) electrons. The molecule has 2 rings (SSSR count). The zero-order valence-corrected chi connectivity index (χ0v) is 8.24. The van der Waals surface area contributed by atoms with Crippen molar-refractivity contribution in [3.05, 3.63) is 30.1 Å². The van der Waals surface area contributed by atoms with Gasteiger partial charge >= 0.3 is 0 Å². The number of hydrogen-bond donors (Lipinski definition) is 1. The van der Waals surface area contributed by atoms with Crippen molar-refractivity contribution < 1.29 is 0 Å². The Labute approximate surface area is 84.3 Å². The number of nitrogens with zero attached hydrogens (tertiary/aromatic N) is 2. The standard InChI is InChI=1S/C11H15N3/c1-2-7-12-10(4-1)6-9-14-11-5-3-8-13-11/h1-2,4,7H,3,5-6,8-9H2,(H,13,14). The topological polar surface area (TPSA) is 37.3 Å². The molecule has 0 aromatic carbocycles. The molecule has 0 saturated carbocycles. The van der Waals surface area contributed by atoms with Gasteiger partial charge in [-0.2, -0.15) is 0 Å². The van der Waals surface area contributed by atoms with E-state index in [2.05, 4.69) is 21.4 Å². The van der Waals surface area contributed by atoms with Crippen LogP contribution in [0.2, 0.25) is 0 Å². The summed E-state index contributed by atoms with van der Waals surface area (Å²) in [6.07, 6.45) is 5.12. The van der Waals surface area contributed by atoms with Crippen LogP contribution in [0.15, 0.2) is 29.4 Å². The molecule has 0 saturated heterocycles. The quantitative estimate of drug-likeness (QED) is 0.780. The number of aromatic nitrogens is 1. The Balaban J connectivity index is 1.73. The zero-order valence-electron chi connectivity index (χ0n) is 8.24. The van der Waals surface area contributed by atoms with Gasteiger partial charge in [0.05, 0.1) is 5.84 Å². The highest BCUT2D eigenvalue weighted by Gasteiger charge is 2.04. The number of amidine groups is 1. The van der Waals surface area contributed by atoms with Crippen LogP contribution in [0.25, 0.3) is 0 Å².